The minimum Gasteiger partial charge on any atom is -0.459 e. The normalized spacial score (nSPS) is 11.7. The molecule has 0 aliphatic rings. The maximum Gasteiger partial charge on any atom is 0.293 e. The molecule has 0 unspecified atom stereocenters. The Balaban J connectivity index is 2.49. The third kappa shape index (κ3) is 5.14. The van der Waals surface area contributed by atoms with Crippen molar-refractivity contribution in [3.63, 3.8) is 0 Å². The summed E-state index contributed by atoms with van der Waals surface area (Å²) in [5, 5.41) is 2.31. The van der Waals surface area contributed by atoms with E-state index in [1.807, 2.05) is 25.7 Å². The maximum absolute atomic E-state index is 11.8. The summed E-state index contributed by atoms with van der Waals surface area (Å²) in [6.07, 6.45) is 1.39. The van der Waals surface area contributed by atoms with Gasteiger partial charge in [-0.25, -0.2) is 0 Å². The molecule has 0 spiro atoms. The molecule has 0 radical (unpaired) electrons. The molecule has 112 valence electrons. The topological polar surface area (TPSA) is 88.6 Å². The number of furan rings is 1. The predicted molar refractivity (Wildman–Crippen MR) is 76.1 cm³/mol. The molecule has 0 fully saturated rings. The van der Waals surface area contributed by atoms with Crippen LogP contribution >= 0.6 is 0 Å². The number of hydrogen-bond acceptors (Lipinski definition) is 5. The first-order valence-corrected chi connectivity index (χ1v) is 6.68. The van der Waals surface area contributed by atoms with Crippen molar-refractivity contribution in [2.75, 3.05) is 26.2 Å². The van der Waals surface area contributed by atoms with E-state index in [1.54, 1.807) is 6.07 Å². The van der Waals surface area contributed by atoms with Crippen LogP contribution in [0.1, 0.15) is 31.3 Å². The van der Waals surface area contributed by atoms with Crippen LogP contribution in [0.15, 0.2) is 22.8 Å². The molecular weight excluding hydrogens is 258 g/mol. The van der Waals surface area contributed by atoms with Crippen molar-refractivity contribution in [3.05, 3.63) is 24.2 Å². The van der Waals surface area contributed by atoms with Crippen LogP contribution in [0.4, 0.5) is 0 Å². The highest BCUT2D eigenvalue weighted by molar-refractivity contribution is 6.03. The summed E-state index contributed by atoms with van der Waals surface area (Å²) in [6, 6.07) is 3.11. The van der Waals surface area contributed by atoms with E-state index in [4.69, 9.17) is 10.2 Å². The van der Waals surface area contributed by atoms with E-state index in [1.165, 1.54) is 12.3 Å². The Morgan fingerprint density at radius 3 is 2.65 bits per heavy atom. The molecule has 0 aromatic carbocycles. The van der Waals surface area contributed by atoms with E-state index in [-0.39, 0.29) is 23.6 Å². The number of nitrogens with one attached hydrogen (secondary N) is 1. The average Bonchev–Trinajstić information content (AvgIpc) is 2.91. The van der Waals surface area contributed by atoms with Crippen molar-refractivity contribution in [1.29, 1.82) is 0 Å². The number of nitrogens with two attached hydrogens (primary N) is 1. The molecule has 1 rings (SSSR count). The Morgan fingerprint density at radius 2 is 2.15 bits per heavy atom. The van der Waals surface area contributed by atoms with Gasteiger partial charge in [-0.1, -0.05) is 20.8 Å². The summed E-state index contributed by atoms with van der Waals surface area (Å²) in [6.45, 7) is 8.16. The lowest BCUT2D eigenvalue weighted by Gasteiger charge is -2.30. The van der Waals surface area contributed by atoms with Crippen LogP contribution in [0.5, 0.6) is 0 Å². The first kappa shape index (κ1) is 16.4. The third-order valence-corrected chi connectivity index (χ3v) is 3.02. The van der Waals surface area contributed by atoms with Gasteiger partial charge in [-0.15, -0.1) is 0 Å². The van der Waals surface area contributed by atoms with Crippen molar-refractivity contribution in [3.8, 4) is 0 Å². The monoisotopic (exact) mass is 281 g/mol. The Morgan fingerprint density at radius 1 is 1.45 bits per heavy atom. The van der Waals surface area contributed by atoms with Gasteiger partial charge in [-0.05, 0) is 30.6 Å². The minimum absolute atomic E-state index is 0.0681. The second-order valence-electron chi connectivity index (χ2n) is 5.53. The van der Waals surface area contributed by atoms with Crippen LogP contribution in [0.25, 0.3) is 0 Å². The van der Waals surface area contributed by atoms with Crippen molar-refractivity contribution in [2.24, 2.45) is 11.1 Å². The Bertz CT molecular complexity index is 441. The van der Waals surface area contributed by atoms with Crippen LogP contribution in [0.3, 0.4) is 0 Å². The SMILES string of the molecule is CCN(CC(=O)NC(=O)c1ccco1)CC(C)(C)CN. The average molecular weight is 281 g/mol. The molecule has 0 saturated carbocycles. The number of imide groups is 1. The fourth-order valence-electron chi connectivity index (χ4n) is 1.79. The summed E-state index contributed by atoms with van der Waals surface area (Å²) < 4.78 is 4.93. The van der Waals surface area contributed by atoms with Gasteiger partial charge in [0.05, 0.1) is 12.8 Å². The van der Waals surface area contributed by atoms with Crippen LogP contribution in [0.2, 0.25) is 0 Å². The molecule has 6 heteroatoms. The van der Waals surface area contributed by atoms with Crippen LogP contribution < -0.4 is 11.1 Å². The lowest BCUT2D eigenvalue weighted by molar-refractivity contribution is -0.121. The van der Waals surface area contributed by atoms with Gasteiger partial charge in [0.15, 0.2) is 5.76 Å². The quantitative estimate of drug-likeness (QED) is 0.773. The fourth-order valence-corrected chi connectivity index (χ4v) is 1.79. The van der Waals surface area contributed by atoms with E-state index in [2.05, 4.69) is 5.32 Å². The highest BCUT2D eigenvalue weighted by Gasteiger charge is 2.22. The third-order valence-electron chi connectivity index (χ3n) is 3.02. The lowest BCUT2D eigenvalue weighted by Crippen LogP contribution is -2.44. The van der Waals surface area contributed by atoms with Crippen LogP contribution in [0, 0.1) is 5.41 Å². The predicted octanol–water partition coefficient (Wildman–Crippen LogP) is 0.843. The highest BCUT2D eigenvalue weighted by atomic mass is 16.3. The fraction of sp³-hybridized carbons (Fsp3) is 0.571. The second kappa shape index (κ2) is 7.21. The summed E-state index contributed by atoms with van der Waals surface area (Å²) in [4.78, 5) is 25.5. The molecule has 1 heterocycles. The van der Waals surface area contributed by atoms with Crippen molar-refractivity contribution in [2.45, 2.75) is 20.8 Å². The van der Waals surface area contributed by atoms with Gasteiger partial charge in [-0.3, -0.25) is 19.8 Å². The Hall–Kier alpha value is -1.66. The number of carbonyl (C=O) groups is 2. The molecule has 0 atom stereocenters. The first-order chi connectivity index (χ1) is 9.38. The van der Waals surface area contributed by atoms with Gasteiger partial charge >= 0.3 is 0 Å². The van der Waals surface area contributed by atoms with E-state index < -0.39 is 5.91 Å². The van der Waals surface area contributed by atoms with Gasteiger partial charge in [-0.2, -0.15) is 0 Å². The van der Waals surface area contributed by atoms with Gasteiger partial charge in [0, 0.05) is 6.54 Å². The molecule has 1 aromatic rings. The van der Waals surface area contributed by atoms with Gasteiger partial charge < -0.3 is 10.2 Å². The summed E-state index contributed by atoms with van der Waals surface area (Å²) in [7, 11) is 0. The largest absolute Gasteiger partial charge is 0.459 e. The van der Waals surface area contributed by atoms with Crippen LogP contribution in [-0.2, 0) is 4.79 Å². The molecule has 1 aromatic heterocycles. The highest BCUT2D eigenvalue weighted by Crippen LogP contribution is 2.14. The Labute approximate surface area is 119 Å². The van der Waals surface area contributed by atoms with Crippen molar-refractivity contribution in [1.82, 2.24) is 10.2 Å². The molecule has 2 amide bonds. The molecule has 0 aliphatic carbocycles. The molecule has 6 nitrogen and oxygen atoms in total. The minimum atomic E-state index is -0.519. The number of rotatable bonds is 7. The second-order valence-corrected chi connectivity index (χ2v) is 5.53. The molecule has 0 aliphatic heterocycles. The molecule has 20 heavy (non-hydrogen) atoms. The molecule has 0 saturated heterocycles. The van der Waals surface area contributed by atoms with E-state index >= 15 is 0 Å². The van der Waals surface area contributed by atoms with Gasteiger partial charge in [0.25, 0.3) is 5.91 Å². The maximum atomic E-state index is 11.8. The summed E-state index contributed by atoms with van der Waals surface area (Å²) in [5.74, 6) is -0.737. The standard InChI is InChI=1S/C14H23N3O3/c1-4-17(10-14(2,3)9-15)8-12(18)16-13(19)11-6-5-7-20-11/h5-7H,4,8-10,15H2,1-3H3,(H,16,18,19). The first-order valence-electron chi connectivity index (χ1n) is 6.68. The lowest BCUT2D eigenvalue weighted by atomic mass is 9.93. The molecule has 3 N–H and O–H groups in total. The number of likely N-dealkylation sites (N-methyl/N-ethyl adjacent to an activating group) is 1. The smallest absolute Gasteiger partial charge is 0.293 e. The number of hydrogen-bond donors (Lipinski definition) is 2. The molecule has 0 bridgehead atoms. The van der Waals surface area contributed by atoms with Crippen molar-refractivity contribution >= 4 is 11.8 Å². The number of carbonyl (C=O) groups excluding carboxylic acids is 2. The van der Waals surface area contributed by atoms with Gasteiger partial charge in [0.2, 0.25) is 5.91 Å². The zero-order valence-corrected chi connectivity index (χ0v) is 12.3. The zero-order chi connectivity index (χ0) is 15.2. The number of amides is 2. The molecular formula is C14H23N3O3. The van der Waals surface area contributed by atoms with E-state index in [0.717, 1.165) is 0 Å². The van der Waals surface area contributed by atoms with E-state index in [0.29, 0.717) is 19.6 Å². The van der Waals surface area contributed by atoms with E-state index in [9.17, 15) is 9.59 Å². The van der Waals surface area contributed by atoms with Crippen LogP contribution in [-0.4, -0.2) is 42.9 Å². The summed E-state index contributed by atoms with van der Waals surface area (Å²) in [5.41, 5.74) is 5.62. The zero-order valence-electron chi connectivity index (χ0n) is 12.3. The Kier molecular flexibility index (Phi) is 5.91. The summed E-state index contributed by atoms with van der Waals surface area (Å²) >= 11 is 0. The van der Waals surface area contributed by atoms with Crippen molar-refractivity contribution < 1.29 is 14.0 Å². The van der Waals surface area contributed by atoms with Gasteiger partial charge in [0.1, 0.15) is 0 Å². The number of nitrogens with zero attached hydrogens (tertiary/aromatic N) is 1.